The maximum absolute atomic E-state index is 12.7. The molecule has 0 aliphatic heterocycles. The Bertz CT molecular complexity index is 1270. The molecule has 0 bridgehead atoms. The first kappa shape index (κ1) is 27.2. The molecule has 7 heteroatoms. The van der Waals surface area contributed by atoms with Crippen molar-refractivity contribution in [2.24, 2.45) is 0 Å². The summed E-state index contributed by atoms with van der Waals surface area (Å²) in [6.45, 7) is 0. The number of benzene rings is 3. The third-order valence-corrected chi connectivity index (χ3v) is 5.77. The lowest BCUT2D eigenvalue weighted by Crippen LogP contribution is -1.99. The topological polar surface area (TPSA) is 72.5 Å². The Morgan fingerprint density at radius 2 is 1.38 bits per heavy atom. The van der Waals surface area contributed by atoms with E-state index in [-0.39, 0.29) is 5.78 Å². The molecule has 0 saturated carbocycles. The van der Waals surface area contributed by atoms with Gasteiger partial charge in [0, 0.05) is 11.1 Å². The molecule has 0 saturated heterocycles. The maximum Gasteiger partial charge on any atom is 0.203 e. The van der Waals surface area contributed by atoms with Crippen molar-refractivity contribution in [2.45, 2.75) is 6.42 Å². The molecule has 3 rings (SSSR count). The standard InChI is InChI=1S/C30H32O7/c1-32-23-10-7-9-22(19-23)25(31)12-8-11-24-21(15-16-26(33-2)29(24)36-5)14-13-20-17-27(34-3)30(37-6)28(18-20)35-4/h7-10,12-19H,11H2,1-6H3/b12-8-,14-13-. The lowest BCUT2D eigenvalue weighted by atomic mass is 10.00. The number of hydrogen-bond acceptors (Lipinski definition) is 7. The Hall–Kier alpha value is -4.39. The van der Waals surface area contributed by atoms with Crippen molar-refractivity contribution in [3.8, 4) is 34.5 Å². The fraction of sp³-hybridized carbons (Fsp3) is 0.233. The number of ketones is 1. The molecule has 0 fully saturated rings. The van der Waals surface area contributed by atoms with Gasteiger partial charge in [0.05, 0.1) is 42.7 Å². The second-order valence-corrected chi connectivity index (χ2v) is 7.86. The van der Waals surface area contributed by atoms with Crippen LogP contribution in [0.1, 0.15) is 27.0 Å². The summed E-state index contributed by atoms with van der Waals surface area (Å²) in [5, 5.41) is 0. The van der Waals surface area contributed by atoms with Crippen LogP contribution in [0, 0.1) is 0 Å². The normalized spacial score (nSPS) is 11.0. The SMILES string of the molecule is COc1cccc(C(=O)/C=C\Cc2c(/C=C\c3cc(OC)c(OC)c(OC)c3)ccc(OC)c2OC)c1. The number of allylic oxidation sites excluding steroid dienone is 2. The van der Waals surface area contributed by atoms with Crippen molar-refractivity contribution < 1.29 is 33.2 Å². The summed E-state index contributed by atoms with van der Waals surface area (Å²) in [5.74, 6) is 3.38. The number of hydrogen-bond donors (Lipinski definition) is 0. The first-order valence-electron chi connectivity index (χ1n) is 11.6. The zero-order chi connectivity index (χ0) is 26.8. The van der Waals surface area contributed by atoms with Gasteiger partial charge in [0.15, 0.2) is 28.8 Å². The lowest BCUT2D eigenvalue weighted by Gasteiger charge is -2.15. The smallest absolute Gasteiger partial charge is 0.203 e. The monoisotopic (exact) mass is 504 g/mol. The van der Waals surface area contributed by atoms with Crippen LogP contribution in [0.15, 0.2) is 60.7 Å². The molecule has 7 nitrogen and oxygen atoms in total. The van der Waals surface area contributed by atoms with Gasteiger partial charge in [0.25, 0.3) is 0 Å². The quantitative estimate of drug-likeness (QED) is 0.173. The highest BCUT2D eigenvalue weighted by Crippen LogP contribution is 2.39. The summed E-state index contributed by atoms with van der Waals surface area (Å²) in [5.41, 5.74) is 3.19. The van der Waals surface area contributed by atoms with Crippen LogP contribution in [-0.4, -0.2) is 48.4 Å². The van der Waals surface area contributed by atoms with E-state index in [0.717, 1.165) is 16.7 Å². The molecule has 0 aliphatic carbocycles. The van der Waals surface area contributed by atoms with Crippen LogP contribution < -0.4 is 28.4 Å². The summed E-state index contributed by atoms with van der Waals surface area (Å²) in [4.78, 5) is 12.7. The van der Waals surface area contributed by atoms with Crippen LogP contribution in [0.4, 0.5) is 0 Å². The average molecular weight is 505 g/mol. The largest absolute Gasteiger partial charge is 0.497 e. The molecule has 3 aromatic rings. The molecule has 194 valence electrons. The molecule has 3 aromatic carbocycles. The summed E-state index contributed by atoms with van der Waals surface area (Å²) < 4.78 is 32.7. The Labute approximate surface area is 217 Å². The summed E-state index contributed by atoms with van der Waals surface area (Å²) >= 11 is 0. The average Bonchev–Trinajstić information content (AvgIpc) is 2.95. The van der Waals surface area contributed by atoms with Gasteiger partial charge in [0.2, 0.25) is 5.75 Å². The predicted molar refractivity (Wildman–Crippen MR) is 145 cm³/mol. The highest BCUT2D eigenvalue weighted by atomic mass is 16.5. The molecule has 0 N–H and O–H groups in total. The van der Waals surface area contributed by atoms with Crippen molar-refractivity contribution in [1.29, 1.82) is 0 Å². The fourth-order valence-electron chi connectivity index (χ4n) is 3.91. The number of carbonyl (C=O) groups excluding carboxylic acids is 1. The van der Waals surface area contributed by atoms with E-state index in [1.807, 2.05) is 42.5 Å². The van der Waals surface area contributed by atoms with E-state index >= 15 is 0 Å². The molecule has 0 radical (unpaired) electrons. The molecular weight excluding hydrogens is 472 g/mol. The first-order valence-corrected chi connectivity index (χ1v) is 11.6. The lowest BCUT2D eigenvalue weighted by molar-refractivity contribution is 0.104. The third-order valence-electron chi connectivity index (χ3n) is 5.77. The van der Waals surface area contributed by atoms with E-state index in [1.54, 1.807) is 73.0 Å². The molecule has 0 aliphatic rings. The van der Waals surface area contributed by atoms with Gasteiger partial charge >= 0.3 is 0 Å². The van der Waals surface area contributed by atoms with Gasteiger partial charge in [0.1, 0.15) is 5.75 Å². The Morgan fingerprint density at radius 3 is 1.97 bits per heavy atom. The molecule has 0 aromatic heterocycles. The third kappa shape index (κ3) is 6.44. The minimum Gasteiger partial charge on any atom is -0.497 e. The van der Waals surface area contributed by atoms with E-state index in [2.05, 4.69) is 0 Å². The van der Waals surface area contributed by atoms with Crippen molar-refractivity contribution >= 4 is 17.9 Å². The highest BCUT2D eigenvalue weighted by molar-refractivity contribution is 6.04. The fourth-order valence-corrected chi connectivity index (χ4v) is 3.91. The predicted octanol–water partition coefficient (Wildman–Crippen LogP) is 5.89. The summed E-state index contributed by atoms with van der Waals surface area (Å²) in [6, 6.07) is 14.6. The van der Waals surface area contributed by atoms with Crippen molar-refractivity contribution in [3.63, 3.8) is 0 Å². The van der Waals surface area contributed by atoms with Gasteiger partial charge in [-0.15, -0.1) is 0 Å². The number of ether oxygens (including phenoxy) is 6. The minimum absolute atomic E-state index is 0.115. The minimum atomic E-state index is -0.115. The van der Waals surface area contributed by atoms with E-state index in [4.69, 9.17) is 28.4 Å². The Kier molecular flexibility index (Phi) is 9.61. The Morgan fingerprint density at radius 1 is 0.703 bits per heavy atom. The van der Waals surface area contributed by atoms with Gasteiger partial charge in [-0.05, 0) is 54.0 Å². The molecular formula is C30H32O7. The van der Waals surface area contributed by atoms with E-state index in [1.165, 1.54) is 0 Å². The summed E-state index contributed by atoms with van der Waals surface area (Å²) in [6.07, 6.45) is 7.73. The first-order chi connectivity index (χ1) is 18.0. The van der Waals surface area contributed by atoms with Gasteiger partial charge in [-0.25, -0.2) is 0 Å². The van der Waals surface area contributed by atoms with E-state index in [0.29, 0.717) is 46.5 Å². The van der Waals surface area contributed by atoms with Gasteiger partial charge in [-0.2, -0.15) is 0 Å². The van der Waals surface area contributed by atoms with Crippen LogP contribution in [-0.2, 0) is 6.42 Å². The zero-order valence-electron chi connectivity index (χ0n) is 22.0. The van der Waals surface area contributed by atoms with Crippen LogP contribution in [0.5, 0.6) is 34.5 Å². The zero-order valence-corrected chi connectivity index (χ0v) is 22.0. The highest BCUT2D eigenvalue weighted by Gasteiger charge is 2.15. The van der Waals surface area contributed by atoms with Crippen molar-refractivity contribution in [1.82, 2.24) is 0 Å². The Balaban J connectivity index is 1.95. The van der Waals surface area contributed by atoms with Crippen LogP contribution in [0.2, 0.25) is 0 Å². The number of rotatable bonds is 12. The van der Waals surface area contributed by atoms with E-state index in [9.17, 15) is 4.79 Å². The van der Waals surface area contributed by atoms with Gasteiger partial charge in [-0.3, -0.25) is 4.79 Å². The van der Waals surface area contributed by atoms with Crippen molar-refractivity contribution in [3.05, 3.63) is 82.9 Å². The van der Waals surface area contributed by atoms with Crippen LogP contribution in [0.25, 0.3) is 12.2 Å². The molecule has 0 heterocycles. The van der Waals surface area contributed by atoms with Crippen molar-refractivity contribution in [2.75, 3.05) is 42.7 Å². The van der Waals surface area contributed by atoms with Crippen LogP contribution >= 0.6 is 0 Å². The van der Waals surface area contributed by atoms with E-state index < -0.39 is 0 Å². The molecule has 0 atom stereocenters. The maximum atomic E-state index is 12.7. The number of carbonyl (C=O) groups is 1. The molecule has 37 heavy (non-hydrogen) atoms. The number of methoxy groups -OCH3 is 6. The van der Waals surface area contributed by atoms with Crippen LogP contribution in [0.3, 0.4) is 0 Å². The molecule has 0 spiro atoms. The summed E-state index contributed by atoms with van der Waals surface area (Å²) in [7, 11) is 9.49. The second kappa shape index (κ2) is 13.1. The molecule has 0 unspecified atom stereocenters. The van der Waals surface area contributed by atoms with Gasteiger partial charge < -0.3 is 28.4 Å². The second-order valence-electron chi connectivity index (χ2n) is 7.86. The van der Waals surface area contributed by atoms with Gasteiger partial charge in [-0.1, -0.05) is 36.4 Å². The molecule has 0 amide bonds.